The van der Waals surface area contributed by atoms with Gasteiger partial charge in [-0.3, -0.25) is 13.9 Å². The fraction of sp³-hybridized carbons (Fsp3) is 0.265. The maximum absolute atomic E-state index is 12.9. The number of aromatic amines is 2. The molecule has 31 heteroatoms. The summed E-state index contributed by atoms with van der Waals surface area (Å²) in [6.45, 7) is 1.15. The van der Waals surface area contributed by atoms with Gasteiger partial charge >= 0.3 is 5.97 Å². The minimum absolute atomic E-state index is 0.00516. The van der Waals surface area contributed by atoms with Crippen LogP contribution >= 0.6 is 46.4 Å². The van der Waals surface area contributed by atoms with Gasteiger partial charge < -0.3 is 64.8 Å². The highest BCUT2D eigenvalue weighted by Crippen LogP contribution is 2.37. The number of hydrogen-bond acceptors (Lipinski definition) is 19. The number of nitrogens with one attached hydrogen (secondary N) is 3. The molecule has 0 aliphatic carbocycles. The molecule has 4 saturated heterocycles. The Kier molecular flexibility index (Phi) is 21.6. The first-order valence-electron chi connectivity index (χ1n) is 30.7. The normalized spacial score (nSPS) is 20.8. The third-order valence-corrected chi connectivity index (χ3v) is 19.6. The summed E-state index contributed by atoms with van der Waals surface area (Å²) in [5, 5.41) is 33.7. The van der Waals surface area contributed by atoms with Crippen molar-refractivity contribution >= 4 is 101 Å². The molecule has 10 N–H and O–H groups in total. The predicted molar refractivity (Wildman–Crippen MR) is 369 cm³/mol. The van der Waals surface area contributed by atoms with Crippen LogP contribution in [0.1, 0.15) is 43.7 Å². The van der Waals surface area contributed by atoms with Gasteiger partial charge in [0, 0.05) is 51.7 Å². The van der Waals surface area contributed by atoms with E-state index >= 15 is 0 Å². The quantitative estimate of drug-likeness (QED) is 0.0340. The molecule has 1 amide bonds. The standard InChI is InChI=1S/C34H30Cl2N4O8S.C25H20ClN3O6.C9H12ClNO3S/c35-24-11-9-20(10-12-24)23(17-49(43,44)45)14-37-33(42)22-7-3-19(4-8-22)18-1-5-21(6-2-18)29-25(36)13-26-32(39-29)40-34(38-26)48-28-16-47-30-27(41)15-46-31(28)30;26-16-9-17-23(29-25(27-17)35-19-11-34-21-18(30)10-33-22(19)21)28-20(16)14-5-1-12(2-6-14)13-3-7-15(8-4-13)24(31)32;10-9-3-1-7(2-4-9)8(5-11)6-15(12,13)14/h1-13,23,27-28,30-31,41H,14-17H2,(H,37,42)(H,38,39,40)(H,43,44,45);1-9,18-19,21-22,30H,10-11H2,(H,31,32)(H,27,28,29);1-4,8H,5-6,11H2,(H,12,13,14)/t23?,27-,28-,30-,31-;18-,19-,21-,22-;/m11./s1. The first kappa shape index (κ1) is 70.7. The van der Waals surface area contributed by atoms with Gasteiger partial charge in [0.05, 0.1) is 76.0 Å². The summed E-state index contributed by atoms with van der Waals surface area (Å²) in [4.78, 5) is 48.4. The molecule has 2 unspecified atom stereocenters. The number of aromatic nitrogens is 6. The summed E-state index contributed by atoms with van der Waals surface area (Å²) in [5.41, 5.74) is 15.9. The van der Waals surface area contributed by atoms with Gasteiger partial charge in [0.2, 0.25) is 0 Å². The molecule has 516 valence electrons. The number of ether oxygens (including phenoxy) is 6. The van der Waals surface area contributed by atoms with Gasteiger partial charge in [0.25, 0.3) is 38.2 Å². The number of pyridine rings is 2. The number of carbonyl (C=O) groups excluding carboxylic acids is 1. The SMILES string of the molecule is NCC(CS(=O)(=O)O)c1ccc(Cl)cc1.O=C(NCC(CS(=O)(=O)O)c1ccc(Cl)cc1)c1ccc(-c2ccc(-c3nc4nc(O[C@@H]5CO[C@H]6[C@@H]5OC[C@H]6O)[nH]c4cc3Cl)cc2)cc1.O=C(O)c1ccc(-c2ccc(-c3nc4nc(O[C@@H]5CO[C@H]6[C@@H]5OC[C@H]6O)[nH]c4cc3Cl)cc2)cc1. The van der Waals surface area contributed by atoms with Crippen molar-refractivity contribution in [1.29, 1.82) is 0 Å². The molecule has 4 fully saturated rings. The van der Waals surface area contributed by atoms with Crippen LogP contribution in [0.5, 0.6) is 12.0 Å². The van der Waals surface area contributed by atoms with Crippen molar-refractivity contribution in [2.24, 2.45) is 5.73 Å². The number of imidazole rings is 2. The number of nitrogens with two attached hydrogens (primary N) is 1. The van der Waals surface area contributed by atoms with Crippen LogP contribution in [0.2, 0.25) is 20.1 Å². The number of hydrogen-bond donors (Lipinski definition) is 9. The largest absolute Gasteiger partial charge is 0.478 e. The third-order valence-electron chi connectivity index (χ3n) is 16.9. The molecule has 8 heterocycles. The van der Waals surface area contributed by atoms with Crippen LogP contribution in [0.25, 0.3) is 67.1 Å². The molecule has 0 spiro atoms. The second-order valence-corrected chi connectivity index (χ2v) is 28.3. The Hall–Kier alpha value is -8.20. The van der Waals surface area contributed by atoms with Crippen molar-refractivity contribution in [1.82, 2.24) is 35.2 Å². The fourth-order valence-corrected chi connectivity index (χ4v) is 14.2. The Balaban J connectivity index is 0.000000161. The number of carboxylic acids is 1. The second-order valence-electron chi connectivity index (χ2n) is 23.7. The van der Waals surface area contributed by atoms with Crippen LogP contribution in [-0.4, -0.2) is 183 Å². The zero-order valence-corrected chi connectivity index (χ0v) is 56.4. The number of amides is 1. The molecule has 4 aromatic heterocycles. The number of rotatable bonds is 19. The molecule has 6 aromatic carbocycles. The summed E-state index contributed by atoms with van der Waals surface area (Å²) >= 11 is 24.8. The van der Waals surface area contributed by atoms with E-state index in [0.717, 1.165) is 38.9 Å². The maximum atomic E-state index is 12.9. The lowest BCUT2D eigenvalue weighted by Crippen LogP contribution is -2.34. The Morgan fingerprint density at radius 1 is 0.515 bits per heavy atom. The Bertz CT molecular complexity index is 4780. The molecule has 10 atom stereocenters. The average molecular weight is 1470 g/mol. The van der Waals surface area contributed by atoms with Crippen LogP contribution in [-0.2, 0) is 39.2 Å². The minimum Gasteiger partial charge on any atom is -0.478 e. The van der Waals surface area contributed by atoms with Crippen molar-refractivity contribution in [3.8, 4) is 56.8 Å². The number of carboxylic acid groups (broad SMARTS) is 1. The van der Waals surface area contributed by atoms with Gasteiger partial charge in [-0.25, -0.2) is 14.8 Å². The van der Waals surface area contributed by atoms with Gasteiger partial charge in [-0.1, -0.05) is 143 Å². The lowest BCUT2D eigenvalue weighted by Gasteiger charge is -2.17. The van der Waals surface area contributed by atoms with E-state index in [1.807, 2.05) is 60.7 Å². The molecule has 4 aliphatic heterocycles. The number of benzene rings is 6. The fourth-order valence-electron chi connectivity index (χ4n) is 11.8. The molecule has 25 nitrogen and oxygen atoms in total. The van der Waals surface area contributed by atoms with E-state index in [2.05, 4.69) is 35.2 Å². The number of fused-ring (bicyclic) bond motifs is 4. The van der Waals surface area contributed by atoms with Crippen LogP contribution in [0.4, 0.5) is 0 Å². The zero-order chi connectivity index (χ0) is 69.9. The van der Waals surface area contributed by atoms with E-state index in [-0.39, 0.29) is 86.6 Å². The van der Waals surface area contributed by atoms with E-state index in [1.54, 1.807) is 97.1 Å². The average Bonchev–Trinajstić information content (AvgIpc) is 1.69. The van der Waals surface area contributed by atoms with Gasteiger partial charge in [0.1, 0.15) is 36.6 Å². The first-order valence-corrected chi connectivity index (χ1v) is 35.4. The molecule has 99 heavy (non-hydrogen) atoms. The molecule has 14 rings (SSSR count). The Morgan fingerprint density at radius 3 is 1.27 bits per heavy atom. The highest BCUT2D eigenvalue weighted by atomic mass is 35.5. The smallest absolute Gasteiger partial charge is 0.335 e. The topological polar surface area (TPSA) is 380 Å². The second kappa shape index (κ2) is 30.3. The summed E-state index contributed by atoms with van der Waals surface area (Å²) in [5.74, 6) is -3.33. The van der Waals surface area contributed by atoms with E-state index in [0.29, 0.717) is 71.5 Å². The Morgan fingerprint density at radius 2 is 0.879 bits per heavy atom. The Labute approximate surface area is 586 Å². The summed E-state index contributed by atoms with van der Waals surface area (Å²) in [6.07, 6.45) is -3.65. The van der Waals surface area contributed by atoms with Crippen molar-refractivity contribution in [2.75, 3.05) is 51.0 Å². The summed E-state index contributed by atoms with van der Waals surface area (Å²) < 4.78 is 97.2. The monoisotopic (exact) mass is 1470 g/mol. The van der Waals surface area contributed by atoms with E-state index in [9.17, 15) is 41.2 Å². The number of nitrogens with zero attached hydrogens (tertiary/aromatic N) is 4. The van der Waals surface area contributed by atoms with Gasteiger partial charge in [0.15, 0.2) is 23.5 Å². The molecule has 0 radical (unpaired) electrons. The minimum atomic E-state index is -4.29. The van der Waals surface area contributed by atoms with Crippen molar-refractivity contribution in [3.63, 3.8) is 0 Å². The number of H-pyrrole nitrogens is 2. The number of aliphatic hydroxyl groups is 2. The predicted octanol–water partition coefficient (Wildman–Crippen LogP) is 9.73. The summed E-state index contributed by atoms with van der Waals surface area (Å²) in [6, 6.07) is 46.3. The van der Waals surface area contributed by atoms with Crippen LogP contribution in [0, 0.1) is 0 Å². The maximum Gasteiger partial charge on any atom is 0.335 e. The van der Waals surface area contributed by atoms with Gasteiger partial charge in [-0.2, -0.15) is 26.8 Å². The molecule has 4 aliphatic rings. The zero-order valence-electron chi connectivity index (χ0n) is 51.8. The van der Waals surface area contributed by atoms with Crippen molar-refractivity contribution in [2.45, 2.75) is 60.7 Å². The van der Waals surface area contributed by atoms with Gasteiger partial charge in [-0.15, -0.1) is 0 Å². The van der Waals surface area contributed by atoms with E-state index < -0.39 is 68.2 Å². The lowest BCUT2D eigenvalue weighted by molar-refractivity contribution is 0.00703. The number of halogens is 4. The number of aromatic carboxylic acids is 1. The highest BCUT2D eigenvalue weighted by molar-refractivity contribution is 7.86. The lowest BCUT2D eigenvalue weighted by atomic mass is 10.00. The van der Waals surface area contributed by atoms with Crippen LogP contribution < -0.4 is 20.5 Å². The molecule has 0 bridgehead atoms. The van der Waals surface area contributed by atoms with Crippen molar-refractivity contribution in [3.05, 3.63) is 200 Å². The van der Waals surface area contributed by atoms with Crippen molar-refractivity contribution < 1.29 is 79.3 Å². The van der Waals surface area contributed by atoms with Gasteiger partial charge in [-0.05, 0) is 94.0 Å². The number of aliphatic hydroxyl groups excluding tert-OH is 2. The van der Waals surface area contributed by atoms with E-state index in [4.69, 9.17) is 90.2 Å². The molecule has 10 aromatic rings. The highest BCUT2D eigenvalue weighted by Gasteiger charge is 2.50. The first-order chi connectivity index (χ1) is 47.4. The molecular formula is C68H62Cl4N8O17S2. The third kappa shape index (κ3) is 17.2. The molecular weight excluding hydrogens is 1410 g/mol. The van der Waals surface area contributed by atoms with Crippen LogP contribution in [0.3, 0.4) is 0 Å². The van der Waals surface area contributed by atoms with E-state index in [1.165, 1.54) is 0 Å². The number of carbonyl (C=O) groups is 2. The summed E-state index contributed by atoms with van der Waals surface area (Å²) in [7, 11) is -8.30. The van der Waals surface area contributed by atoms with Crippen LogP contribution in [0.15, 0.2) is 158 Å². The molecule has 0 saturated carbocycles.